The second-order valence-corrected chi connectivity index (χ2v) is 6.47. The number of rotatable bonds is 9. The van der Waals surface area contributed by atoms with Crippen LogP contribution in [0.15, 0.2) is 67.0 Å². The number of amides is 2. The Bertz CT molecular complexity index is 971. The van der Waals surface area contributed by atoms with Crippen molar-refractivity contribution in [2.24, 2.45) is 0 Å². The van der Waals surface area contributed by atoms with Gasteiger partial charge in [0, 0.05) is 23.8 Å². The Morgan fingerprint density at radius 2 is 1.67 bits per heavy atom. The molecule has 3 aromatic rings. The lowest BCUT2D eigenvalue weighted by Crippen LogP contribution is -2.24. The molecule has 0 aliphatic carbocycles. The van der Waals surface area contributed by atoms with Gasteiger partial charge < -0.3 is 20.1 Å². The number of nitrogens with zero attached hydrogens (tertiary/aromatic N) is 2. The normalized spacial score (nSPS) is 11.4. The number of carbonyl (C=O) groups is 2. The van der Waals surface area contributed by atoms with Crippen LogP contribution >= 0.6 is 0 Å². The minimum Gasteiger partial charge on any atom is -0.494 e. The molecule has 0 spiro atoms. The van der Waals surface area contributed by atoms with E-state index in [1.54, 1.807) is 78.6 Å². The first kappa shape index (κ1) is 20.9. The minimum absolute atomic E-state index is 0.138. The van der Waals surface area contributed by atoms with Gasteiger partial charge in [-0.3, -0.25) is 14.3 Å². The maximum atomic E-state index is 12.4. The number of benzene rings is 2. The maximum Gasteiger partial charge on any atom is 0.262 e. The molecule has 0 aliphatic rings. The number of nitrogens with one attached hydrogen (secondary N) is 2. The van der Waals surface area contributed by atoms with Crippen molar-refractivity contribution in [1.29, 1.82) is 0 Å². The third kappa shape index (κ3) is 5.84. The number of hydrogen-bond donors (Lipinski definition) is 2. The van der Waals surface area contributed by atoms with Crippen molar-refractivity contribution in [3.63, 3.8) is 0 Å². The Morgan fingerprint density at radius 3 is 2.30 bits per heavy atom. The van der Waals surface area contributed by atoms with E-state index in [2.05, 4.69) is 15.7 Å². The highest BCUT2D eigenvalue weighted by molar-refractivity contribution is 5.95. The zero-order chi connectivity index (χ0) is 21.3. The number of ether oxygens (including phenoxy) is 2. The molecule has 0 aliphatic heterocycles. The Hall–Kier alpha value is -3.81. The van der Waals surface area contributed by atoms with Gasteiger partial charge in [0.15, 0.2) is 6.61 Å². The van der Waals surface area contributed by atoms with Crippen LogP contribution in [0.4, 0.5) is 11.4 Å². The molecule has 1 atom stereocenters. The van der Waals surface area contributed by atoms with Crippen LogP contribution < -0.4 is 20.1 Å². The highest BCUT2D eigenvalue weighted by Gasteiger charge is 2.15. The molecular formula is C22H24N4O4. The lowest BCUT2D eigenvalue weighted by atomic mass is 10.2. The van der Waals surface area contributed by atoms with E-state index in [0.29, 0.717) is 23.7 Å². The van der Waals surface area contributed by atoms with Gasteiger partial charge in [-0.25, -0.2) is 0 Å². The maximum absolute atomic E-state index is 12.4. The third-order valence-corrected chi connectivity index (χ3v) is 4.22. The van der Waals surface area contributed by atoms with Crippen molar-refractivity contribution in [3.05, 3.63) is 67.0 Å². The lowest BCUT2D eigenvalue weighted by molar-refractivity contribution is -0.119. The Morgan fingerprint density at radius 1 is 1.00 bits per heavy atom. The van der Waals surface area contributed by atoms with Gasteiger partial charge in [0.25, 0.3) is 5.91 Å². The molecule has 0 radical (unpaired) electrons. The van der Waals surface area contributed by atoms with Crippen molar-refractivity contribution >= 4 is 23.2 Å². The van der Waals surface area contributed by atoms with Gasteiger partial charge >= 0.3 is 0 Å². The summed E-state index contributed by atoms with van der Waals surface area (Å²) < 4.78 is 12.4. The molecular weight excluding hydrogens is 384 g/mol. The van der Waals surface area contributed by atoms with E-state index >= 15 is 0 Å². The molecule has 3 rings (SSSR count). The standard InChI is InChI=1S/C22H24N4O4/c1-3-29-19-8-10-20(11-9-19)30-15-21(27)24-17-6-4-7-18(14-17)25-22(28)16(2)26-13-5-12-23-26/h4-14,16H,3,15H2,1-2H3,(H,24,27)(H,25,28). The van der Waals surface area contributed by atoms with Crippen LogP contribution in [0, 0.1) is 0 Å². The van der Waals surface area contributed by atoms with Gasteiger partial charge in [0.2, 0.25) is 5.91 Å². The molecule has 0 bridgehead atoms. The summed E-state index contributed by atoms with van der Waals surface area (Å²) in [6.45, 7) is 4.12. The van der Waals surface area contributed by atoms with E-state index in [9.17, 15) is 9.59 Å². The quantitative estimate of drug-likeness (QED) is 0.565. The van der Waals surface area contributed by atoms with Crippen molar-refractivity contribution in [1.82, 2.24) is 9.78 Å². The van der Waals surface area contributed by atoms with Gasteiger partial charge in [-0.15, -0.1) is 0 Å². The van der Waals surface area contributed by atoms with Crippen LogP contribution in [0.2, 0.25) is 0 Å². The lowest BCUT2D eigenvalue weighted by Gasteiger charge is -2.13. The summed E-state index contributed by atoms with van der Waals surface area (Å²) in [5, 5.41) is 9.65. The summed E-state index contributed by atoms with van der Waals surface area (Å²) in [7, 11) is 0. The van der Waals surface area contributed by atoms with Crippen LogP contribution in [0.5, 0.6) is 11.5 Å². The van der Waals surface area contributed by atoms with Crippen LogP contribution in [0.1, 0.15) is 19.9 Å². The predicted molar refractivity (Wildman–Crippen MR) is 114 cm³/mol. The summed E-state index contributed by atoms with van der Waals surface area (Å²) in [6.07, 6.45) is 3.35. The van der Waals surface area contributed by atoms with Gasteiger partial charge in [0.05, 0.1) is 6.61 Å². The molecule has 0 saturated heterocycles. The second-order valence-electron chi connectivity index (χ2n) is 6.47. The first-order valence-corrected chi connectivity index (χ1v) is 9.60. The number of carbonyl (C=O) groups excluding carboxylic acids is 2. The highest BCUT2D eigenvalue weighted by Crippen LogP contribution is 2.19. The third-order valence-electron chi connectivity index (χ3n) is 4.22. The topological polar surface area (TPSA) is 94.5 Å². The van der Waals surface area contributed by atoms with Crippen LogP contribution in [-0.2, 0) is 9.59 Å². The molecule has 2 amide bonds. The van der Waals surface area contributed by atoms with E-state index in [1.165, 1.54) is 0 Å². The number of aromatic nitrogens is 2. The first-order valence-electron chi connectivity index (χ1n) is 9.60. The van der Waals surface area contributed by atoms with Gasteiger partial charge in [-0.1, -0.05) is 6.07 Å². The fourth-order valence-corrected chi connectivity index (χ4v) is 2.70. The molecule has 2 N–H and O–H groups in total. The molecule has 8 heteroatoms. The largest absolute Gasteiger partial charge is 0.494 e. The average Bonchev–Trinajstić information content (AvgIpc) is 3.28. The Kier molecular flexibility index (Phi) is 7.05. The summed E-state index contributed by atoms with van der Waals surface area (Å²) in [5.74, 6) is 0.801. The molecule has 8 nitrogen and oxygen atoms in total. The highest BCUT2D eigenvalue weighted by atomic mass is 16.5. The van der Waals surface area contributed by atoms with E-state index in [4.69, 9.17) is 9.47 Å². The SMILES string of the molecule is CCOc1ccc(OCC(=O)Nc2cccc(NC(=O)C(C)n3cccn3)c2)cc1. The second kappa shape index (κ2) is 10.1. The molecule has 1 unspecified atom stereocenters. The first-order chi connectivity index (χ1) is 14.5. The molecule has 0 fully saturated rings. The van der Waals surface area contributed by atoms with Gasteiger partial charge in [-0.2, -0.15) is 5.10 Å². The van der Waals surface area contributed by atoms with Crippen molar-refractivity contribution in [2.75, 3.05) is 23.8 Å². The number of anilines is 2. The fraction of sp³-hybridized carbons (Fsp3) is 0.227. The molecule has 156 valence electrons. The zero-order valence-corrected chi connectivity index (χ0v) is 16.9. The molecule has 30 heavy (non-hydrogen) atoms. The van der Waals surface area contributed by atoms with Crippen LogP contribution in [0.25, 0.3) is 0 Å². The van der Waals surface area contributed by atoms with E-state index < -0.39 is 6.04 Å². The van der Waals surface area contributed by atoms with Crippen molar-refractivity contribution in [2.45, 2.75) is 19.9 Å². The molecule has 2 aromatic carbocycles. The van der Waals surface area contributed by atoms with E-state index in [0.717, 1.165) is 5.75 Å². The molecule has 0 saturated carbocycles. The van der Waals surface area contributed by atoms with Crippen LogP contribution in [-0.4, -0.2) is 34.8 Å². The zero-order valence-electron chi connectivity index (χ0n) is 16.9. The monoisotopic (exact) mass is 408 g/mol. The predicted octanol–water partition coefficient (Wildman–Crippen LogP) is 3.50. The summed E-state index contributed by atoms with van der Waals surface area (Å²) in [4.78, 5) is 24.6. The smallest absolute Gasteiger partial charge is 0.262 e. The summed E-state index contributed by atoms with van der Waals surface area (Å²) in [5.41, 5.74) is 1.13. The van der Waals surface area contributed by atoms with E-state index in [-0.39, 0.29) is 18.4 Å². The van der Waals surface area contributed by atoms with Gasteiger partial charge in [-0.05, 0) is 62.4 Å². The minimum atomic E-state index is -0.458. The summed E-state index contributed by atoms with van der Waals surface area (Å²) >= 11 is 0. The van der Waals surface area contributed by atoms with Crippen LogP contribution in [0.3, 0.4) is 0 Å². The molecule has 1 aromatic heterocycles. The van der Waals surface area contributed by atoms with Gasteiger partial charge in [0.1, 0.15) is 17.5 Å². The molecule has 1 heterocycles. The Balaban J connectivity index is 1.51. The fourth-order valence-electron chi connectivity index (χ4n) is 2.70. The Labute approximate surface area is 174 Å². The van der Waals surface area contributed by atoms with E-state index in [1.807, 2.05) is 6.92 Å². The average molecular weight is 408 g/mol. The number of hydrogen-bond acceptors (Lipinski definition) is 5. The summed E-state index contributed by atoms with van der Waals surface area (Å²) in [6, 6.07) is 15.3. The van der Waals surface area contributed by atoms with Crippen molar-refractivity contribution in [3.8, 4) is 11.5 Å². The van der Waals surface area contributed by atoms with Crippen molar-refractivity contribution < 1.29 is 19.1 Å².